The lowest BCUT2D eigenvalue weighted by molar-refractivity contribution is 0.196. The van der Waals surface area contributed by atoms with Gasteiger partial charge in [-0.1, -0.05) is 0 Å². The van der Waals surface area contributed by atoms with Gasteiger partial charge in [-0.3, -0.25) is 0 Å². The van der Waals surface area contributed by atoms with Gasteiger partial charge in [-0.05, 0) is 0 Å². The molecular weight excluding hydrogens is 164 g/mol. The molecule has 0 bridgehead atoms. The van der Waals surface area contributed by atoms with Crippen molar-refractivity contribution in [1.29, 1.82) is 0 Å². The van der Waals surface area contributed by atoms with Gasteiger partial charge in [0.1, 0.15) is 23.2 Å². The first-order chi connectivity index (χ1) is 5.29. The molecule has 0 fully saturated rings. The van der Waals surface area contributed by atoms with Crippen LogP contribution in [-0.2, 0) is 0 Å². The highest BCUT2D eigenvalue weighted by Gasteiger charge is 2.04. The standard InChI is InChI=1S/C5H4N4OS/c10-9-2-8-3-4(9)6-1-7-5(3)11/h1-2,10H,(H,6,7,11). The quantitative estimate of drug-likeness (QED) is 0.338. The van der Waals surface area contributed by atoms with Gasteiger partial charge in [-0.15, -0.1) is 12.6 Å². The van der Waals surface area contributed by atoms with Crippen LogP contribution >= 0.6 is 12.6 Å². The summed E-state index contributed by atoms with van der Waals surface area (Å²) < 4.78 is 0.830. The largest absolute Gasteiger partial charge is 0.425 e. The van der Waals surface area contributed by atoms with Crippen molar-refractivity contribution in [3.63, 3.8) is 0 Å². The second-order valence-electron chi connectivity index (χ2n) is 1.96. The molecule has 11 heavy (non-hydrogen) atoms. The molecule has 2 aromatic rings. The normalized spacial score (nSPS) is 10.6. The highest BCUT2D eigenvalue weighted by atomic mass is 32.1. The van der Waals surface area contributed by atoms with Gasteiger partial charge in [0.05, 0.1) is 0 Å². The van der Waals surface area contributed by atoms with Crippen molar-refractivity contribution in [3.8, 4) is 0 Å². The number of hydrogen-bond donors (Lipinski definition) is 2. The summed E-state index contributed by atoms with van der Waals surface area (Å²) in [6.45, 7) is 0. The summed E-state index contributed by atoms with van der Waals surface area (Å²) in [5.74, 6) is 0. The molecular formula is C5H4N4OS. The summed E-state index contributed by atoms with van der Waals surface area (Å²) in [4.78, 5) is 11.4. The molecule has 0 aliphatic carbocycles. The highest BCUT2D eigenvalue weighted by molar-refractivity contribution is 7.80. The Morgan fingerprint density at radius 1 is 1.36 bits per heavy atom. The summed E-state index contributed by atoms with van der Waals surface area (Å²) in [5, 5.41) is 9.53. The zero-order chi connectivity index (χ0) is 7.84. The van der Waals surface area contributed by atoms with E-state index in [1.54, 1.807) is 0 Å². The zero-order valence-corrected chi connectivity index (χ0v) is 6.23. The first-order valence-corrected chi connectivity index (χ1v) is 3.30. The Hall–Kier alpha value is -1.30. The molecule has 56 valence electrons. The van der Waals surface area contributed by atoms with Crippen LogP contribution in [0.3, 0.4) is 0 Å². The fourth-order valence-electron chi connectivity index (χ4n) is 0.811. The third kappa shape index (κ3) is 0.829. The lowest BCUT2D eigenvalue weighted by Gasteiger charge is -1.91. The molecule has 0 radical (unpaired) electrons. The van der Waals surface area contributed by atoms with E-state index in [9.17, 15) is 0 Å². The van der Waals surface area contributed by atoms with E-state index < -0.39 is 0 Å². The van der Waals surface area contributed by atoms with Crippen LogP contribution in [0.1, 0.15) is 0 Å². The fourth-order valence-corrected chi connectivity index (χ4v) is 1.02. The molecule has 0 saturated heterocycles. The minimum Gasteiger partial charge on any atom is -0.425 e. The number of thiol groups is 1. The Bertz CT molecular complexity index is 398. The first kappa shape index (κ1) is 6.41. The Labute approximate surface area is 67.1 Å². The molecule has 0 aliphatic rings. The van der Waals surface area contributed by atoms with E-state index in [-0.39, 0.29) is 0 Å². The van der Waals surface area contributed by atoms with E-state index in [4.69, 9.17) is 5.21 Å². The number of aromatic nitrogens is 4. The van der Waals surface area contributed by atoms with Gasteiger partial charge in [-0.25, -0.2) is 15.0 Å². The molecule has 1 N–H and O–H groups in total. The average Bonchev–Trinajstić information content (AvgIpc) is 2.35. The molecule has 2 heterocycles. The molecule has 2 aromatic heterocycles. The molecule has 0 atom stereocenters. The average molecular weight is 168 g/mol. The summed E-state index contributed by atoms with van der Waals surface area (Å²) in [7, 11) is 0. The zero-order valence-electron chi connectivity index (χ0n) is 5.34. The molecule has 0 unspecified atom stereocenters. The topological polar surface area (TPSA) is 63.8 Å². The van der Waals surface area contributed by atoms with Crippen molar-refractivity contribution in [2.24, 2.45) is 0 Å². The van der Waals surface area contributed by atoms with Crippen molar-refractivity contribution in [1.82, 2.24) is 19.7 Å². The van der Waals surface area contributed by atoms with Crippen LogP contribution in [0, 0.1) is 0 Å². The maximum Gasteiger partial charge on any atom is 0.199 e. The Balaban J connectivity index is 2.94. The van der Waals surface area contributed by atoms with Gasteiger partial charge in [0.25, 0.3) is 0 Å². The van der Waals surface area contributed by atoms with Crippen LogP contribution in [0.15, 0.2) is 17.7 Å². The summed E-state index contributed by atoms with van der Waals surface area (Å²) in [6, 6.07) is 0. The van der Waals surface area contributed by atoms with E-state index >= 15 is 0 Å². The summed E-state index contributed by atoms with van der Waals surface area (Å²) >= 11 is 4.03. The van der Waals surface area contributed by atoms with Gasteiger partial charge in [0.2, 0.25) is 0 Å². The first-order valence-electron chi connectivity index (χ1n) is 2.85. The van der Waals surface area contributed by atoms with Gasteiger partial charge in [0.15, 0.2) is 5.65 Å². The lowest BCUT2D eigenvalue weighted by atomic mass is 10.6. The lowest BCUT2D eigenvalue weighted by Crippen LogP contribution is -1.90. The maximum atomic E-state index is 9.07. The van der Waals surface area contributed by atoms with Crippen molar-refractivity contribution in [2.75, 3.05) is 0 Å². The monoisotopic (exact) mass is 168 g/mol. The predicted molar refractivity (Wildman–Crippen MR) is 39.8 cm³/mol. The molecule has 0 aliphatic heterocycles. The van der Waals surface area contributed by atoms with Gasteiger partial charge in [-0.2, -0.15) is 4.73 Å². The Morgan fingerprint density at radius 2 is 2.18 bits per heavy atom. The highest BCUT2D eigenvalue weighted by Crippen LogP contribution is 2.13. The van der Waals surface area contributed by atoms with Crippen LogP contribution in [0.2, 0.25) is 0 Å². The van der Waals surface area contributed by atoms with E-state index in [1.165, 1.54) is 12.7 Å². The molecule has 0 spiro atoms. The van der Waals surface area contributed by atoms with Crippen LogP contribution in [0.25, 0.3) is 11.2 Å². The minimum atomic E-state index is 0.366. The van der Waals surface area contributed by atoms with Gasteiger partial charge in [0, 0.05) is 0 Å². The predicted octanol–water partition coefficient (Wildman–Crippen LogP) is 0.352. The van der Waals surface area contributed by atoms with Gasteiger partial charge >= 0.3 is 0 Å². The second kappa shape index (κ2) is 2.09. The number of rotatable bonds is 0. The van der Waals surface area contributed by atoms with Crippen LogP contribution < -0.4 is 0 Å². The number of fused-ring (bicyclic) bond motifs is 1. The van der Waals surface area contributed by atoms with Crippen molar-refractivity contribution >= 4 is 23.8 Å². The van der Waals surface area contributed by atoms with Crippen molar-refractivity contribution in [3.05, 3.63) is 12.7 Å². The summed E-state index contributed by atoms with van der Waals surface area (Å²) in [6.07, 6.45) is 2.57. The van der Waals surface area contributed by atoms with Crippen molar-refractivity contribution < 1.29 is 5.21 Å². The van der Waals surface area contributed by atoms with Crippen LogP contribution in [0.5, 0.6) is 0 Å². The summed E-state index contributed by atoms with van der Waals surface area (Å²) in [5.41, 5.74) is 0.864. The third-order valence-corrected chi connectivity index (χ3v) is 1.62. The van der Waals surface area contributed by atoms with E-state index in [1.807, 2.05) is 0 Å². The molecule has 0 amide bonds. The number of imidazole rings is 1. The maximum absolute atomic E-state index is 9.07. The number of nitrogens with zero attached hydrogens (tertiary/aromatic N) is 4. The number of hydrogen-bond acceptors (Lipinski definition) is 5. The van der Waals surface area contributed by atoms with Crippen LogP contribution in [-0.4, -0.2) is 24.9 Å². The minimum absolute atomic E-state index is 0.366. The Kier molecular flexibility index (Phi) is 1.22. The van der Waals surface area contributed by atoms with Crippen LogP contribution in [0.4, 0.5) is 0 Å². The van der Waals surface area contributed by atoms with Crippen molar-refractivity contribution in [2.45, 2.75) is 5.03 Å². The van der Waals surface area contributed by atoms with Gasteiger partial charge < -0.3 is 5.21 Å². The van der Waals surface area contributed by atoms with E-state index in [2.05, 4.69) is 27.6 Å². The molecule has 2 rings (SSSR count). The smallest absolute Gasteiger partial charge is 0.199 e. The SMILES string of the molecule is On1cnc2c(S)ncnc21. The Morgan fingerprint density at radius 3 is 2.91 bits per heavy atom. The third-order valence-electron chi connectivity index (χ3n) is 1.30. The second-order valence-corrected chi connectivity index (χ2v) is 2.38. The molecule has 0 saturated carbocycles. The molecule has 0 aromatic carbocycles. The molecule has 5 nitrogen and oxygen atoms in total. The molecule has 6 heteroatoms. The van der Waals surface area contributed by atoms with E-state index in [0.717, 1.165) is 4.73 Å². The fraction of sp³-hybridized carbons (Fsp3) is 0. The van der Waals surface area contributed by atoms with E-state index in [0.29, 0.717) is 16.2 Å².